The molecule has 0 rings (SSSR count). The van der Waals surface area contributed by atoms with Crippen molar-refractivity contribution in [2.24, 2.45) is 0 Å². The molecule has 1 unspecified atom stereocenters. The molecule has 0 aliphatic carbocycles. The minimum Gasteiger partial charge on any atom is -0.462 e. The van der Waals surface area contributed by atoms with Crippen LogP contribution in [-0.4, -0.2) is 36.4 Å². The lowest BCUT2D eigenvalue weighted by Gasteiger charge is -2.15. The first kappa shape index (κ1) is 50.1. The summed E-state index contributed by atoms with van der Waals surface area (Å²) >= 11 is 0. The quantitative estimate of drug-likeness (QED) is 0.0388. The molecule has 0 aromatic carbocycles. The second-order valence-corrected chi connectivity index (χ2v) is 14.0. The number of aliphatic hydroxyl groups excluding tert-OH is 1. The summed E-state index contributed by atoms with van der Waals surface area (Å²) in [5, 5.41) is 9.58. The maximum Gasteiger partial charge on any atom is 0.306 e. The first-order valence-corrected chi connectivity index (χ1v) is 21.6. The Labute approximate surface area is 326 Å². The van der Waals surface area contributed by atoms with E-state index in [-0.39, 0.29) is 25.2 Å². The summed E-state index contributed by atoms with van der Waals surface area (Å²) in [5.74, 6) is -0.635. The molecule has 0 aliphatic rings. The Kier molecular flexibility index (Phi) is 41.1. The van der Waals surface area contributed by atoms with E-state index < -0.39 is 6.10 Å². The van der Waals surface area contributed by atoms with E-state index in [1.54, 1.807) is 0 Å². The van der Waals surface area contributed by atoms with Gasteiger partial charge < -0.3 is 14.6 Å². The van der Waals surface area contributed by atoms with Crippen LogP contribution in [0.25, 0.3) is 0 Å². The van der Waals surface area contributed by atoms with Gasteiger partial charge in [-0.15, -0.1) is 0 Å². The van der Waals surface area contributed by atoms with E-state index in [0.29, 0.717) is 12.8 Å². The highest BCUT2D eigenvalue weighted by molar-refractivity contribution is 5.70. The van der Waals surface area contributed by atoms with E-state index in [9.17, 15) is 14.7 Å². The number of hydrogen-bond donors (Lipinski definition) is 1. The van der Waals surface area contributed by atoms with Crippen LogP contribution >= 0.6 is 0 Å². The smallest absolute Gasteiger partial charge is 0.306 e. The fraction of sp³-hybridized carbons (Fsp3) is 0.667. The second-order valence-electron chi connectivity index (χ2n) is 14.0. The van der Waals surface area contributed by atoms with Gasteiger partial charge >= 0.3 is 11.9 Å². The molecule has 1 atom stereocenters. The van der Waals surface area contributed by atoms with Crippen molar-refractivity contribution in [2.75, 3.05) is 13.2 Å². The highest BCUT2D eigenvalue weighted by atomic mass is 16.6. The molecule has 0 amide bonds. The number of aliphatic hydroxyl groups is 1. The van der Waals surface area contributed by atoms with Crippen LogP contribution in [0.5, 0.6) is 0 Å². The maximum atomic E-state index is 12.2. The van der Waals surface area contributed by atoms with Crippen LogP contribution in [0.1, 0.15) is 187 Å². The summed E-state index contributed by atoms with van der Waals surface area (Å²) in [7, 11) is 0. The van der Waals surface area contributed by atoms with Crippen LogP contribution in [0.15, 0.2) is 85.1 Å². The highest BCUT2D eigenvalue weighted by Crippen LogP contribution is 2.12. The van der Waals surface area contributed by atoms with E-state index >= 15 is 0 Å². The van der Waals surface area contributed by atoms with Crippen molar-refractivity contribution >= 4 is 11.9 Å². The monoisotopic (exact) mass is 737 g/mol. The second kappa shape index (κ2) is 43.5. The van der Waals surface area contributed by atoms with Gasteiger partial charge in [0.25, 0.3) is 0 Å². The molecular formula is C48H80O5. The number of carbonyl (C=O) groups is 2. The third kappa shape index (κ3) is 41.7. The van der Waals surface area contributed by atoms with E-state index in [4.69, 9.17) is 9.47 Å². The normalized spacial score (nSPS) is 13.0. The molecule has 53 heavy (non-hydrogen) atoms. The number of rotatable bonds is 38. The van der Waals surface area contributed by atoms with Gasteiger partial charge in [-0.05, 0) is 89.9 Å². The molecule has 0 aromatic rings. The average molecular weight is 737 g/mol. The number of carbonyl (C=O) groups excluding carboxylic acids is 2. The van der Waals surface area contributed by atoms with E-state index in [2.05, 4.69) is 98.9 Å². The highest BCUT2D eigenvalue weighted by Gasteiger charge is 2.16. The first-order chi connectivity index (χ1) is 26.1. The molecular weight excluding hydrogens is 657 g/mol. The Bertz CT molecular complexity index is 1010. The molecule has 302 valence electrons. The molecule has 0 saturated heterocycles. The van der Waals surface area contributed by atoms with Gasteiger partial charge in [-0.25, -0.2) is 0 Å². The number of ether oxygens (including phenoxy) is 2. The topological polar surface area (TPSA) is 72.8 Å². The fourth-order valence-electron chi connectivity index (χ4n) is 5.67. The molecule has 1 N–H and O–H groups in total. The Morgan fingerprint density at radius 2 is 0.811 bits per heavy atom. The lowest BCUT2D eigenvalue weighted by molar-refractivity contribution is -0.161. The Morgan fingerprint density at radius 1 is 0.453 bits per heavy atom. The zero-order valence-corrected chi connectivity index (χ0v) is 34.2. The van der Waals surface area contributed by atoms with Gasteiger partial charge in [-0.3, -0.25) is 9.59 Å². The largest absolute Gasteiger partial charge is 0.462 e. The minimum absolute atomic E-state index is 0.0851. The van der Waals surface area contributed by atoms with Gasteiger partial charge in [0, 0.05) is 12.8 Å². The van der Waals surface area contributed by atoms with Crippen molar-refractivity contribution in [3.05, 3.63) is 85.1 Å². The lowest BCUT2D eigenvalue weighted by atomic mass is 10.1. The lowest BCUT2D eigenvalue weighted by Crippen LogP contribution is -2.28. The summed E-state index contributed by atoms with van der Waals surface area (Å²) in [4.78, 5) is 24.3. The molecule has 0 spiro atoms. The van der Waals surface area contributed by atoms with E-state index in [1.807, 2.05) is 0 Å². The Morgan fingerprint density at radius 3 is 1.25 bits per heavy atom. The van der Waals surface area contributed by atoms with Crippen LogP contribution in [0.2, 0.25) is 0 Å². The van der Waals surface area contributed by atoms with Crippen molar-refractivity contribution in [1.29, 1.82) is 0 Å². The molecule has 0 radical (unpaired) electrons. The van der Waals surface area contributed by atoms with Gasteiger partial charge in [0.1, 0.15) is 6.61 Å². The van der Waals surface area contributed by atoms with Crippen LogP contribution in [0.4, 0.5) is 0 Å². The molecule has 0 aliphatic heterocycles. The zero-order chi connectivity index (χ0) is 38.6. The van der Waals surface area contributed by atoms with Gasteiger partial charge in [0.15, 0.2) is 6.10 Å². The van der Waals surface area contributed by atoms with Crippen LogP contribution in [0, 0.1) is 0 Å². The Balaban J connectivity index is 3.66. The average Bonchev–Trinajstić information content (AvgIpc) is 3.16. The molecule has 0 bridgehead atoms. The van der Waals surface area contributed by atoms with Gasteiger partial charge in [0.05, 0.1) is 6.61 Å². The maximum absolute atomic E-state index is 12.2. The van der Waals surface area contributed by atoms with Crippen LogP contribution in [0.3, 0.4) is 0 Å². The van der Waals surface area contributed by atoms with Crippen molar-refractivity contribution < 1.29 is 24.2 Å². The van der Waals surface area contributed by atoms with Crippen molar-refractivity contribution in [2.45, 2.75) is 193 Å². The standard InChI is InChI=1S/C48H80O5/c1-3-5-7-9-11-13-15-17-19-21-22-23-24-25-26-27-29-31-33-35-37-39-41-43-48(51)53-46(44-49)45-52-47(50)42-40-38-36-34-32-30-28-20-18-16-14-12-10-8-6-4-2/h5,7,11,13,17,19-20,22-23,25-26,28-29,31,46,49H,3-4,6,8-10,12,14-16,18,21,24,27,30,32-45H2,1-2H3/b7-5-,13-11-,19-17-,23-22-,26-25-,28-20-,31-29-. The zero-order valence-electron chi connectivity index (χ0n) is 34.2. The summed E-state index contributed by atoms with van der Waals surface area (Å²) in [6, 6.07) is 0. The van der Waals surface area contributed by atoms with E-state index in [1.165, 1.54) is 64.2 Å². The molecule has 0 saturated carbocycles. The Hall–Kier alpha value is -2.92. The van der Waals surface area contributed by atoms with Crippen LogP contribution in [-0.2, 0) is 19.1 Å². The van der Waals surface area contributed by atoms with Crippen molar-refractivity contribution in [3.63, 3.8) is 0 Å². The van der Waals surface area contributed by atoms with Crippen molar-refractivity contribution in [1.82, 2.24) is 0 Å². The molecule has 0 aromatic heterocycles. The molecule has 0 fully saturated rings. The van der Waals surface area contributed by atoms with Gasteiger partial charge in [-0.2, -0.15) is 0 Å². The third-order valence-electron chi connectivity index (χ3n) is 8.92. The van der Waals surface area contributed by atoms with Crippen molar-refractivity contribution in [3.8, 4) is 0 Å². The molecule has 0 heterocycles. The minimum atomic E-state index is -0.793. The summed E-state index contributed by atoms with van der Waals surface area (Å²) < 4.78 is 10.6. The molecule has 5 heteroatoms. The van der Waals surface area contributed by atoms with E-state index in [0.717, 1.165) is 96.3 Å². The first-order valence-electron chi connectivity index (χ1n) is 21.6. The summed E-state index contributed by atoms with van der Waals surface area (Å²) in [6.45, 7) is 3.98. The summed E-state index contributed by atoms with van der Waals surface area (Å²) in [5.41, 5.74) is 0. The number of allylic oxidation sites excluding steroid dienone is 14. The SMILES string of the molecule is CC/C=C\C/C=C\C/C=C\C/C=C\C/C=C\C/C=C\CCCCCCC(=O)OC(CO)COC(=O)CCCCCCC/C=C\CCCCCCCCC. The number of esters is 2. The fourth-order valence-corrected chi connectivity index (χ4v) is 5.67. The predicted molar refractivity (Wildman–Crippen MR) is 228 cm³/mol. The van der Waals surface area contributed by atoms with Gasteiger partial charge in [0.2, 0.25) is 0 Å². The number of hydrogen-bond acceptors (Lipinski definition) is 5. The predicted octanol–water partition coefficient (Wildman–Crippen LogP) is 13.9. The third-order valence-corrected chi connectivity index (χ3v) is 8.92. The molecule has 5 nitrogen and oxygen atoms in total. The van der Waals surface area contributed by atoms with Gasteiger partial charge in [-0.1, -0.05) is 170 Å². The summed E-state index contributed by atoms with van der Waals surface area (Å²) in [6.07, 6.45) is 59.3. The number of unbranched alkanes of at least 4 members (excludes halogenated alkanes) is 16. The van der Waals surface area contributed by atoms with Crippen LogP contribution < -0.4 is 0 Å².